The van der Waals surface area contributed by atoms with Gasteiger partial charge in [-0.1, -0.05) is 52.7 Å². The molecule has 2 rings (SSSR count). The maximum absolute atomic E-state index is 9.61. The van der Waals surface area contributed by atoms with E-state index in [1.54, 1.807) is 0 Å². The van der Waals surface area contributed by atoms with Crippen LogP contribution in [-0.2, 0) is 5.41 Å². The fourth-order valence-electron chi connectivity index (χ4n) is 2.39. The molecule has 0 aromatic heterocycles. The third kappa shape index (κ3) is 1.51. The van der Waals surface area contributed by atoms with Gasteiger partial charge >= 0.3 is 0 Å². The van der Waals surface area contributed by atoms with Gasteiger partial charge in [0.05, 0.1) is 6.61 Å². The molecular weight excluding hydrogens is 240 g/mol. The molecule has 1 nitrogen and oxygen atoms in total. The highest BCUT2D eigenvalue weighted by atomic mass is 79.9. The van der Waals surface area contributed by atoms with Crippen LogP contribution in [0.2, 0.25) is 0 Å². The zero-order valence-corrected chi connectivity index (χ0v) is 9.70. The van der Waals surface area contributed by atoms with Crippen molar-refractivity contribution in [2.24, 2.45) is 0 Å². The number of hydrogen-bond donors (Lipinski definition) is 1. The SMILES string of the molecule is OCC1(c2ccccc2)CCCC1Br. The Labute approximate surface area is 93.3 Å². The number of aliphatic hydroxyl groups excluding tert-OH is 1. The van der Waals surface area contributed by atoms with Crippen LogP contribution in [0.1, 0.15) is 24.8 Å². The Bertz CT molecular complexity index is 298. The van der Waals surface area contributed by atoms with Gasteiger partial charge in [0.15, 0.2) is 0 Å². The van der Waals surface area contributed by atoms with Crippen molar-refractivity contribution in [3.8, 4) is 0 Å². The van der Waals surface area contributed by atoms with Gasteiger partial charge in [-0.15, -0.1) is 0 Å². The second-order valence-corrected chi connectivity index (χ2v) is 5.15. The van der Waals surface area contributed by atoms with Gasteiger partial charge in [0.2, 0.25) is 0 Å². The van der Waals surface area contributed by atoms with Gasteiger partial charge < -0.3 is 5.11 Å². The van der Waals surface area contributed by atoms with Crippen molar-refractivity contribution < 1.29 is 5.11 Å². The summed E-state index contributed by atoms with van der Waals surface area (Å²) in [7, 11) is 0. The quantitative estimate of drug-likeness (QED) is 0.805. The van der Waals surface area contributed by atoms with Crippen LogP contribution < -0.4 is 0 Å². The Morgan fingerprint density at radius 1 is 1.36 bits per heavy atom. The number of halogens is 1. The maximum Gasteiger partial charge on any atom is 0.0538 e. The second-order valence-electron chi connectivity index (χ2n) is 4.04. The van der Waals surface area contributed by atoms with E-state index in [1.807, 2.05) is 18.2 Å². The lowest BCUT2D eigenvalue weighted by atomic mass is 9.80. The molecule has 76 valence electrons. The van der Waals surface area contributed by atoms with E-state index in [0.717, 1.165) is 12.8 Å². The lowest BCUT2D eigenvalue weighted by molar-refractivity contribution is 0.201. The van der Waals surface area contributed by atoms with Crippen LogP contribution in [0, 0.1) is 0 Å². The van der Waals surface area contributed by atoms with Crippen LogP contribution in [-0.4, -0.2) is 16.5 Å². The minimum Gasteiger partial charge on any atom is -0.395 e. The first-order chi connectivity index (χ1) is 6.79. The highest BCUT2D eigenvalue weighted by Crippen LogP contribution is 2.44. The lowest BCUT2D eigenvalue weighted by Gasteiger charge is -2.31. The standard InChI is InChI=1S/C12H15BrO/c13-11-7-4-8-12(11,9-14)10-5-2-1-3-6-10/h1-3,5-6,11,14H,4,7-9H2. The fourth-order valence-corrected chi connectivity index (χ4v) is 3.36. The Kier molecular flexibility index (Phi) is 2.93. The van der Waals surface area contributed by atoms with Crippen molar-refractivity contribution in [2.45, 2.75) is 29.5 Å². The third-order valence-corrected chi connectivity index (χ3v) is 4.65. The zero-order valence-electron chi connectivity index (χ0n) is 8.12. The van der Waals surface area contributed by atoms with E-state index >= 15 is 0 Å². The molecule has 14 heavy (non-hydrogen) atoms. The molecule has 0 saturated heterocycles. The van der Waals surface area contributed by atoms with Gasteiger partial charge in [0.25, 0.3) is 0 Å². The molecule has 2 atom stereocenters. The average molecular weight is 255 g/mol. The number of alkyl halides is 1. The first-order valence-corrected chi connectivity index (χ1v) is 6.01. The first-order valence-electron chi connectivity index (χ1n) is 5.10. The first kappa shape index (κ1) is 10.2. The molecule has 1 aromatic carbocycles. The van der Waals surface area contributed by atoms with E-state index in [2.05, 4.69) is 28.1 Å². The lowest BCUT2D eigenvalue weighted by Crippen LogP contribution is -2.35. The zero-order chi connectivity index (χ0) is 10.0. The Balaban J connectivity index is 2.38. The van der Waals surface area contributed by atoms with E-state index in [4.69, 9.17) is 0 Å². The molecule has 0 aliphatic heterocycles. The van der Waals surface area contributed by atoms with Crippen LogP contribution in [0.3, 0.4) is 0 Å². The van der Waals surface area contributed by atoms with Crippen LogP contribution in [0.15, 0.2) is 30.3 Å². The molecule has 0 heterocycles. The van der Waals surface area contributed by atoms with E-state index < -0.39 is 0 Å². The third-order valence-electron chi connectivity index (χ3n) is 3.31. The summed E-state index contributed by atoms with van der Waals surface area (Å²) in [6, 6.07) is 10.4. The average Bonchev–Trinajstić information content (AvgIpc) is 2.62. The second kappa shape index (κ2) is 4.03. The Hall–Kier alpha value is -0.340. The topological polar surface area (TPSA) is 20.2 Å². The van der Waals surface area contributed by atoms with Gasteiger partial charge in [-0.2, -0.15) is 0 Å². The van der Waals surface area contributed by atoms with Gasteiger partial charge in [0.1, 0.15) is 0 Å². The molecule has 1 aliphatic rings. The largest absolute Gasteiger partial charge is 0.395 e. The number of benzene rings is 1. The molecule has 1 fully saturated rings. The minimum absolute atomic E-state index is 0.0404. The number of hydrogen-bond acceptors (Lipinski definition) is 1. The summed E-state index contributed by atoms with van der Waals surface area (Å²) in [5.41, 5.74) is 1.23. The van der Waals surface area contributed by atoms with Crippen molar-refractivity contribution in [3.63, 3.8) is 0 Å². The Morgan fingerprint density at radius 3 is 2.57 bits per heavy atom. The van der Waals surface area contributed by atoms with Crippen molar-refractivity contribution in [1.82, 2.24) is 0 Å². The smallest absolute Gasteiger partial charge is 0.0538 e. The number of rotatable bonds is 2. The van der Waals surface area contributed by atoms with E-state index in [1.165, 1.54) is 12.0 Å². The minimum atomic E-state index is -0.0404. The molecule has 2 heteroatoms. The maximum atomic E-state index is 9.61. The fraction of sp³-hybridized carbons (Fsp3) is 0.500. The molecule has 0 amide bonds. The molecule has 2 unspecified atom stereocenters. The molecule has 0 spiro atoms. The molecule has 1 saturated carbocycles. The molecule has 1 aliphatic carbocycles. The highest BCUT2D eigenvalue weighted by Gasteiger charge is 2.42. The van der Waals surface area contributed by atoms with Crippen molar-refractivity contribution >= 4 is 15.9 Å². The predicted octanol–water partition coefficient (Wildman–Crippen LogP) is 2.86. The van der Waals surface area contributed by atoms with Crippen molar-refractivity contribution in [3.05, 3.63) is 35.9 Å². The highest BCUT2D eigenvalue weighted by molar-refractivity contribution is 9.09. The van der Waals surface area contributed by atoms with E-state index in [0.29, 0.717) is 4.83 Å². The number of aliphatic hydroxyl groups is 1. The van der Waals surface area contributed by atoms with Crippen LogP contribution in [0.4, 0.5) is 0 Å². The molecule has 0 radical (unpaired) electrons. The van der Waals surface area contributed by atoms with Gasteiger partial charge in [-0.3, -0.25) is 0 Å². The molecule has 0 bridgehead atoms. The van der Waals surface area contributed by atoms with E-state index in [9.17, 15) is 5.11 Å². The van der Waals surface area contributed by atoms with E-state index in [-0.39, 0.29) is 12.0 Å². The Morgan fingerprint density at radius 2 is 2.07 bits per heavy atom. The van der Waals surface area contributed by atoms with Crippen molar-refractivity contribution in [2.75, 3.05) is 6.61 Å². The summed E-state index contributed by atoms with van der Waals surface area (Å²) in [5.74, 6) is 0. The van der Waals surface area contributed by atoms with Gasteiger partial charge in [0, 0.05) is 10.2 Å². The predicted molar refractivity (Wildman–Crippen MR) is 61.8 cm³/mol. The molecule has 1 N–H and O–H groups in total. The summed E-state index contributed by atoms with van der Waals surface area (Å²) in [4.78, 5) is 0.419. The van der Waals surface area contributed by atoms with Crippen LogP contribution >= 0.6 is 15.9 Å². The summed E-state index contributed by atoms with van der Waals surface area (Å²) in [5, 5.41) is 9.61. The summed E-state index contributed by atoms with van der Waals surface area (Å²) in [6.07, 6.45) is 3.45. The molecule has 1 aromatic rings. The monoisotopic (exact) mass is 254 g/mol. The summed E-state index contributed by atoms with van der Waals surface area (Å²) >= 11 is 3.70. The van der Waals surface area contributed by atoms with Crippen LogP contribution in [0.5, 0.6) is 0 Å². The van der Waals surface area contributed by atoms with Crippen LogP contribution in [0.25, 0.3) is 0 Å². The van der Waals surface area contributed by atoms with Gasteiger partial charge in [-0.05, 0) is 18.4 Å². The van der Waals surface area contributed by atoms with Crippen molar-refractivity contribution in [1.29, 1.82) is 0 Å². The molecular formula is C12H15BrO. The van der Waals surface area contributed by atoms with Gasteiger partial charge in [-0.25, -0.2) is 0 Å². The normalized spacial score (nSPS) is 32.0. The summed E-state index contributed by atoms with van der Waals surface area (Å²) in [6.45, 7) is 0.243. The summed E-state index contributed by atoms with van der Waals surface area (Å²) < 4.78 is 0.